The first-order valence-corrected chi connectivity index (χ1v) is 16.4. The van der Waals surface area contributed by atoms with Crippen LogP contribution in [0.5, 0.6) is 17.2 Å². The molecule has 0 aliphatic heterocycles. The van der Waals surface area contributed by atoms with Gasteiger partial charge in [-0.1, -0.05) is 120 Å². The lowest BCUT2D eigenvalue weighted by Gasteiger charge is -2.16. The molecule has 0 spiro atoms. The lowest BCUT2D eigenvalue weighted by Crippen LogP contribution is -2.05. The highest BCUT2D eigenvalue weighted by Crippen LogP contribution is 2.45. The first-order valence-electron chi connectivity index (χ1n) is 14.9. The highest BCUT2D eigenvalue weighted by atomic mass is 31.2. The van der Waals surface area contributed by atoms with Gasteiger partial charge in [-0.05, 0) is 24.6 Å². The average molecular weight is 572 g/mol. The Bertz CT molecular complexity index is 1130. The third kappa shape index (κ3) is 13.0. The smallest absolute Gasteiger partial charge is 0.493 e. The number of phosphoric acid groups is 1. The molecule has 0 fully saturated rings. The summed E-state index contributed by atoms with van der Waals surface area (Å²) in [7, 11) is -4.44. The lowest BCUT2D eigenvalue weighted by molar-refractivity contribution is 0.286. The van der Waals surface area contributed by atoms with Crippen LogP contribution in [0.15, 0.2) is 60.9 Å². The van der Waals surface area contributed by atoms with Gasteiger partial charge in [-0.15, -0.1) is 5.10 Å². The van der Waals surface area contributed by atoms with Crippen LogP contribution in [-0.2, 0) is 11.1 Å². The van der Waals surface area contributed by atoms with E-state index in [-0.39, 0.29) is 11.5 Å². The number of rotatable bonds is 22. The Labute approximate surface area is 239 Å². The molecule has 0 saturated heterocycles. The minimum absolute atomic E-state index is 0.207. The fraction of sp³-hybridized carbons (Fsp3) is 0.548. The highest BCUT2D eigenvalue weighted by Gasteiger charge is 2.26. The van der Waals surface area contributed by atoms with Crippen molar-refractivity contribution in [2.75, 3.05) is 6.61 Å². The molecule has 1 aromatic heterocycles. The van der Waals surface area contributed by atoms with E-state index >= 15 is 0 Å². The molecule has 1 N–H and O–H groups in total. The van der Waals surface area contributed by atoms with Crippen LogP contribution in [0.3, 0.4) is 0 Å². The van der Waals surface area contributed by atoms with Crippen molar-refractivity contribution in [3.05, 3.63) is 66.5 Å². The van der Waals surface area contributed by atoms with E-state index in [4.69, 9.17) is 13.8 Å². The molecule has 9 heteroatoms. The van der Waals surface area contributed by atoms with Crippen molar-refractivity contribution in [2.24, 2.45) is 0 Å². The van der Waals surface area contributed by atoms with E-state index in [2.05, 4.69) is 17.2 Å². The third-order valence-corrected chi connectivity index (χ3v) is 7.65. The second-order valence-electron chi connectivity index (χ2n) is 10.3. The van der Waals surface area contributed by atoms with E-state index in [0.717, 1.165) is 12.8 Å². The molecule has 2 aromatic carbocycles. The Morgan fingerprint density at radius 3 is 2.05 bits per heavy atom. The Hall–Kier alpha value is -2.83. The predicted octanol–water partition coefficient (Wildman–Crippen LogP) is 8.74. The first-order chi connectivity index (χ1) is 19.6. The van der Waals surface area contributed by atoms with Gasteiger partial charge in [0, 0.05) is 17.8 Å². The maximum atomic E-state index is 12.8. The van der Waals surface area contributed by atoms with Gasteiger partial charge in [0.05, 0.1) is 19.3 Å². The number of hydrogen-bond donors (Lipinski definition) is 1. The van der Waals surface area contributed by atoms with Crippen molar-refractivity contribution in [1.82, 2.24) is 15.0 Å². The van der Waals surface area contributed by atoms with E-state index in [9.17, 15) is 9.46 Å². The van der Waals surface area contributed by atoms with Gasteiger partial charge in [-0.2, -0.15) is 0 Å². The number of aromatic nitrogens is 3. The van der Waals surface area contributed by atoms with Gasteiger partial charge >= 0.3 is 7.82 Å². The normalized spacial score (nSPS) is 12.7. The van der Waals surface area contributed by atoms with Crippen LogP contribution >= 0.6 is 7.82 Å². The Balaban J connectivity index is 1.29. The molecule has 0 aliphatic carbocycles. The van der Waals surface area contributed by atoms with Gasteiger partial charge in [0.1, 0.15) is 17.2 Å². The average Bonchev–Trinajstić information content (AvgIpc) is 3.45. The summed E-state index contributed by atoms with van der Waals surface area (Å²) in [6, 6.07) is 13.7. The summed E-state index contributed by atoms with van der Waals surface area (Å²) in [5.41, 5.74) is 0.677. The van der Waals surface area contributed by atoms with Gasteiger partial charge in [-0.3, -0.25) is 4.89 Å². The third-order valence-electron chi connectivity index (χ3n) is 6.78. The summed E-state index contributed by atoms with van der Waals surface area (Å²) in [5.74, 6) is 1.05. The summed E-state index contributed by atoms with van der Waals surface area (Å²) < 4.78 is 31.0. The molecule has 1 heterocycles. The molecule has 1 unspecified atom stereocenters. The van der Waals surface area contributed by atoms with E-state index in [1.807, 2.05) is 12.1 Å². The summed E-state index contributed by atoms with van der Waals surface area (Å²) in [6.07, 6.45) is 21.7. The van der Waals surface area contributed by atoms with Crippen LogP contribution < -0.4 is 13.8 Å². The zero-order chi connectivity index (χ0) is 28.3. The largest absolute Gasteiger partial charge is 0.584 e. The molecule has 0 radical (unpaired) electrons. The summed E-state index contributed by atoms with van der Waals surface area (Å²) in [6.45, 7) is 3.22. The second-order valence-corrected chi connectivity index (χ2v) is 11.6. The Morgan fingerprint density at radius 1 is 0.775 bits per heavy atom. The highest BCUT2D eigenvalue weighted by molar-refractivity contribution is 7.48. The minimum atomic E-state index is -4.44. The molecule has 8 nitrogen and oxygen atoms in total. The molecule has 0 aliphatic rings. The van der Waals surface area contributed by atoms with E-state index in [1.54, 1.807) is 53.5 Å². The summed E-state index contributed by atoms with van der Waals surface area (Å²) in [4.78, 5) is 10.4. The number of unbranched alkanes of at least 4 members (excludes halogenated alkanes) is 13. The molecule has 0 amide bonds. The van der Waals surface area contributed by atoms with E-state index in [1.165, 1.54) is 77.0 Å². The standard InChI is InChI=1S/C31H46N3O5P/c1-2-3-4-5-6-7-8-9-10-11-12-13-14-17-25-37-29-20-18-21-30(26-29)38-40(35,36)39-31-22-16-15-19-28(31)27-34-24-23-32-33-34/h15-16,18-24,26H,2-14,17,25,27H2,1H3,(H,35,36). The molecule has 3 aromatic rings. The number of para-hydroxylation sites is 1. The summed E-state index contributed by atoms with van der Waals surface area (Å²) in [5, 5.41) is 7.71. The SMILES string of the molecule is CCCCCCCCCCCCCCCCOc1cccc(OP(=O)(O)Oc2ccccc2Cn2ccnn2)c1. The Kier molecular flexibility index (Phi) is 14.7. The minimum Gasteiger partial charge on any atom is -0.493 e. The van der Waals surface area contributed by atoms with Crippen molar-refractivity contribution in [3.63, 3.8) is 0 Å². The maximum Gasteiger partial charge on any atom is 0.584 e. The molecular weight excluding hydrogens is 525 g/mol. The van der Waals surface area contributed by atoms with Gasteiger partial charge in [-0.25, -0.2) is 9.25 Å². The molecular formula is C31H46N3O5P. The zero-order valence-corrected chi connectivity index (χ0v) is 24.9. The number of ether oxygens (including phenoxy) is 1. The predicted molar refractivity (Wildman–Crippen MR) is 159 cm³/mol. The second kappa shape index (κ2) is 18.5. The number of phosphoric ester groups is 1. The fourth-order valence-electron chi connectivity index (χ4n) is 4.60. The van der Waals surface area contributed by atoms with Gasteiger partial charge < -0.3 is 13.8 Å². The van der Waals surface area contributed by atoms with Crippen LogP contribution in [0.2, 0.25) is 0 Å². The van der Waals surface area contributed by atoms with Gasteiger partial charge in [0.15, 0.2) is 0 Å². The number of benzene rings is 2. The molecule has 1 atom stereocenters. The van der Waals surface area contributed by atoms with Crippen molar-refractivity contribution in [1.29, 1.82) is 0 Å². The first kappa shape index (κ1) is 31.7. The van der Waals surface area contributed by atoms with Gasteiger partial charge in [0.25, 0.3) is 0 Å². The number of hydrogen-bond acceptors (Lipinski definition) is 6. The van der Waals surface area contributed by atoms with Gasteiger partial charge in [0.2, 0.25) is 0 Å². The quantitative estimate of drug-likeness (QED) is 0.0951. The summed E-state index contributed by atoms with van der Waals surface area (Å²) >= 11 is 0. The fourth-order valence-corrected chi connectivity index (χ4v) is 5.44. The molecule has 220 valence electrons. The van der Waals surface area contributed by atoms with Crippen molar-refractivity contribution >= 4 is 7.82 Å². The molecule has 40 heavy (non-hydrogen) atoms. The van der Waals surface area contributed by atoms with Crippen LogP contribution in [0.4, 0.5) is 0 Å². The molecule has 3 rings (SSSR count). The van der Waals surface area contributed by atoms with Crippen molar-refractivity contribution in [3.8, 4) is 17.2 Å². The van der Waals surface area contributed by atoms with E-state index < -0.39 is 7.82 Å². The van der Waals surface area contributed by atoms with Crippen molar-refractivity contribution in [2.45, 2.75) is 103 Å². The monoisotopic (exact) mass is 571 g/mol. The zero-order valence-electron chi connectivity index (χ0n) is 24.0. The Morgan fingerprint density at radius 2 is 1.40 bits per heavy atom. The van der Waals surface area contributed by atoms with Crippen molar-refractivity contribution < 1.29 is 23.2 Å². The maximum absolute atomic E-state index is 12.8. The molecule has 0 saturated carbocycles. The van der Waals surface area contributed by atoms with Crippen LogP contribution in [-0.4, -0.2) is 26.5 Å². The topological polar surface area (TPSA) is 95.7 Å². The number of nitrogens with zero attached hydrogens (tertiary/aromatic N) is 3. The van der Waals surface area contributed by atoms with Crippen LogP contribution in [0.25, 0.3) is 0 Å². The lowest BCUT2D eigenvalue weighted by atomic mass is 10.0. The van der Waals surface area contributed by atoms with E-state index in [0.29, 0.717) is 24.5 Å². The van der Waals surface area contributed by atoms with Crippen LogP contribution in [0, 0.1) is 0 Å². The molecule has 0 bridgehead atoms. The van der Waals surface area contributed by atoms with Crippen LogP contribution in [0.1, 0.15) is 102 Å².